The van der Waals surface area contributed by atoms with E-state index in [1.165, 1.54) is 38.5 Å². The van der Waals surface area contributed by atoms with Gasteiger partial charge in [-0.2, -0.15) is 0 Å². The highest BCUT2D eigenvalue weighted by Gasteiger charge is 2.58. The molecule has 0 heteroatoms. The van der Waals surface area contributed by atoms with Crippen molar-refractivity contribution in [1.29, 1.82) is 0 Å². The third kappa shape index (κ3) is 2.48. The summed E-state index contributed by atoms with van der Waals surface area (Å²) in [6.07, 6.45) is 8.74. The van der Waals surface area contributed by atoms with Gasteiger partial charge in [0.2, 0.25) is 0 Å². The van der Waals surface area contributed by atoms with Crippen molar-refractivity contribution in [1.82, 2.24) is 0 Å². The Morgan fingerprint density at radius 3 is 0.773 bits per heavy atom. The fourth-order valence-electron chi connectivity index (χ4n) is 6.69. The zero-order chi connectivity index (χ0) is 16.6. The van der Waals surface area contributed by atoms with Crippen molar-refractivity contribution >= 4 is 0 Å². The first-order chi connectivity index (χ1) is 9.87. The van der Waals surface area contributed by atoms with Gasteiger partial charge in [-0.1, -0.05) is 55.4 Å². The van der Waals surface area contributed by atoms with Gasteiger partial charge in [0.05, 0.1) is 0 Å². The van der Waals surface area contributed by atoms with Gasteiger partial charge in [-0.3, -0.25) is 0 Å². The molecule has 128 valence electrons. The van der Waals surface area contributed by atoms with E-state index >= 15 is 0 Å². The average molecular weight is 305 g/mol. The lowest BCUT2D eigenvalue weighted by Gasteiger charge is -2.64. The van der Waals surface area contributed by atoms with Crippen LogP contribution in [0.15, 0.2) is 0 Å². The zero-order valence-electron chi connectivity index (χ0n) is 16.6. The van der Waals surface area contributed by atoms with Crippen molar-refractivity contribution in [3.8, 4) is 0 Å². The van der Waals surface area contributed by atoms with Gasteiger partial charge in [0, 0.05) is 0 Å². The Hall–Kier alpha value is 0. The molecule has 0 heterocycles. The van der Waals surface area contributed by atoms with Crippen molar-refractivity contribution in [2.75, 3.05) is 0 Å². The number of rotatable bonds is 0. The first-order valence-corrected chi connectivity index (χ1v) is 9.87. The van der Waals surface area contributed by atoms with Gasteiger partial charge in [0.1, 0.15) is 0 Å². The molecule has 0 radical (unpaired) electrons. The fourth-order valence-corrected chi connectivity index (χ4v) is 6.69. The van der Waals surface area contributed by atoms with Crippen LogP contribution in [0, 0.1) is 45.3 Å². The van der Waals surface area contributed by atoms with Crippen molar-refractivity contribution in [3.05, 3.63) is 0 Å². The Morgan fingerprint density at radius 2 is 0.591 bits per heavy atom. The van der Waals surface area contributed by atoms with Crippen LogP contribution in [0.1, 0.15) is 93.9 Å². The van der Waals surface area contributed by atoms with E-state index in [2.05, 4.69) is 55.4 Å². The van der Waals surface area contributed by atoms with Crippen LogP contribution in [-0.4, -0.2) is 0 Å². The van der Waals surface area contributed by atoms with E-state index in [0.29, 0.717) is 21.7 Å². The minimum absolute atomic E-state index is 0.558. The van der Waals surface area contributed by atoms with Crippen LogP contribution in [0.2, 0.25) is 0 Å². The lowest BCUT2D eigenvalue weighted by molar-refractivity contribution is -0.143. The largest absolute Gasteiger partial charge is 0.0596 e. The van der Waals surface area contributed by atoms with Crippen LogP contribution < -0.4 is 0 Å². The van der Waals surface area contributed by atoms with Crippen LogP contribution in [0.3, 0.4) is 0 Å². The molecule has 0 aromatic heterocycles. The van der Waals surface area contributed by atoms with Gasteiger partial charge in [0.15, 0.2) is 0 Å². The molecule has 0 aromatic rings. The molecule has 0 bridgehead atoms. The van der Waals surface area contributed by atoms with Gasteiger partial charge in [-0.15, -0.1) is 0 Å². The highest BCUT2D eigenvalue weighted by atomic mass is 14.6. The minimum Gasteiger partial charge on any atom is -0.0596 e. The molecule has 0 aromatic carbocycles. The van der Waals surface area contributed by atoms with Crippen molar-refractivity contribution in [3.63, 3.8) is 0 Å². The maximum Gasteiger partial charge on any atom is -0.0323 e. The predicted molar refractivity (Wildman–Crippen MR) is 96.8 cm³/mol. The van der Waals surface area contributed by atoms with Gasteiger partial charge in [0.25, 0.3) is 0 Å². The second-order valence-corrected chi connectivity index (χ2v) is 11.9. The van der Waals surface area contributed by atoms with E-state index in [0.717, 1.165) is 23.7 Å². The van der Waals surface area contributed by atoms with Crippen molar-refractivity contribution < 1.29 is 0 Å². The summed E-state index contributed by atoms with van der Waals surface area (Å²) in [5.41, 5.74) is 2.23. The summed E-state index contributed by atoms with van der Waals surface area (Å²) in [5, 5.41) is 0. The molecule has 4 atom stereocenters. The zero-order valence-corrected chi connectivity index (χ0v) is 16.6. The summed E-state index contributed by atoms with van der Waals surface area (Å²) in [5.74, 6) is 3.80. The van der Waals surface area contributed by atoms with Gasteiger partial charge < -0.3 is 0 Å². The fraction of sp³-hybridized carbons (Fsp3) is 1.00. The summed E-state index contributed by atoms with van der Waals surface area (Å²) >= 11 is 0. The molecule has 0 N–H and O–H groups in total. The summed E-state index contributed by atoms with van der Waals surface area (Å²) in [6.45, 7) is 20.6. The summed E-state index contributed by atoms with van der Waals surface area (Å²) in [4.78, 5) is 0. The van der Waals surface area contributed by atoms with Crippen LogP contribution in [0.25, 0.3) is 0 Å². The highest BCUT2D eigenvalue weighted by Crippen LogP contribution is 2.66. The molecule has 3 fully saturated rings. The van der Waals surface area contributed by atoms with E-state index in [-0.39, 0.29) is 0 Å². The molecular formula is C22H40. The maximum atomic E-state index is 2.57. The summed E-state index contributed by atoms with van der Waals surface area (Å²) in [7, 11) is 0. The van der Waals surface area contributed by atoms with Crippen molar-refractivity contribution in [2.45, 2.75) is 93.9 Å². The Labute approximate surface area is 139 Å². The first-order valence-electron chi connectivity index (χ1n) is 9.87. The van der Waals surface area contributed by atoms with E-state index in [4.69, 9.17) is 0 Å². The SMILES string of the molecule is CC1(C)CCC(C)(C)[C@@H]2C[C@@H]3[C@@H](C[C@H]21)C(C)(C)CCC3(C)C. The average Bonchev–Trinajstić information content (AvgIpc) is 2.40. The van der Waals surface area contributed by atoms with E-state index in [1.54, 1.807) is 0 Å². The number of fused-ring (bicyclic) bond motifs is 2. The number of hydrogen-bond acceptors (Lipinski definition) is 0. The van der Waals surface area contributed by atoms with E-state index in [1.807, 2.05) is 0 Å². The molecule has 22 heavy (non-hydrogen) atoms. The van der Waals surface area contributed by atoms with Crippen molar-refractivity contribution in [2.24, 2.45) is 45.3 Å². The predicted octanol–water partition coefficient (Wildman–Crippen LogP) is 6.94. The molecule has 3 rings (SSSR count). The molecule has 3 aliphatic carbocycles. The van der Waals surface area contributed by atoms with E-state index < -0.39 is 0 Å². The van der Waals surface area contributed by atoms with Crippen LogP contribution in [-0.2, 0) is 0 Å². The Balaban J connectivity index is 1.98. The monoisotopic (exact) mass is 304 g/mol. The summed E-state index contributed by atoms with van der Waals surface area (Å²) < 4.78 is 0. The smallest absolute Gasteiger partial charge is 0.0323 e. The standard InChI is InChI=1S/C22H40/c1-19(2)9-10-20(3,4)16-14-18-17(13-15(16)19)21(5,6)11-12-22(18,7)8/h15-18H,9-14H2,1-8H3/t15-,16-,17-,18-/m1/s1. The molecule has 0 amide bonds. The molecule has 3 aliphatic rings. The second-order valence-electron chi connectivity index (χ2n) is 11.9. The lowest BCUT2D eigenvalue weighted by atomic mass is 9.41. The topological polar surface area (TPSA) is 0 Å². The molecule has 0 saturated heterocycles. The Morgan fingerprint density at radius 1 is 0.409 bits per heavy atom. The molecule has 3 saturated carbocycles. The van der Waals surface area contributed by atoms with Gasteiger partial charge >= 0.3 is 0 Å². The molecular weight excluding hydrogens is 264 g/mol. The third-order valence-corrected chi connectivity index (χ3v) is 8.83. The summed E-state index contributed by atoms with van der Waals surface area (Å²) in [6, 6.07) is 0. The van der Waals surface area contributed by atoms with Gasteiger partial charge in [-0.05, 0) is 83.9 Å². The first kappa shape index (κ1) is 16.8. The van der Waals surface area contributed by atoms with Crippen LogP contribution in [0.4, 0.5) is 0 Å². The molecule has 0 spiro atoms. The third-order valence-electron chi connectivity index (χ3n) is 8.83. The highest BCUT2D eigenvalue weighted by molar-refractivity contribution is 5.07. The second kappa shape index (κ2) is 4.76. The number of hydrogen-bond donors (Lipinski definition) is 0. The molecule has 0 unspecified atom stereocenters. The van der Waals surface area contributed by atoms with Gasteiger partial charge in [-0.25, -0.2) is 0 Å². The normalized spacial score (nSPS) is 44.7. The minimum atomic E-state index is 0.558. The quantitative estimate of drug-likeness (QED) is 0.455. The van der Waals surface area contributed by atoms with Crippen LogP contribution >= 0.6 is 0 Å². The maximum absolute atomic E-state index is 2.57. The van der Waals surface area contributed by atoms with E-state index in [9.17, 15) is 0 Å². The molecule has 0 aliphatic heterocycles. The lowest BCUT2D eigenvalue weighted by Crippen LogP contribution is -2.55. The van der Waals surface area contributed by atoms with Crippen LogP contribution in [0.5, 0.6) is 0 Å². The Bertz CT molecular complexity index is 355. The molecule has 0 nitrogen and oxygen atoms in total. The Kier molecular flexibility index (Phi) is 3.65.